The second-order valence-electron chi connectivity index (χ2n) is 7.08. The summed E-state index contributed by atoms with van der Waals surface area (Å²) in [4.78, 5) is 12.7. The first kappa shape index (κ1) is 20.5. The number of nitrogens with one attached hydrogen (secondary N) is 1. The molecule has 1 N–H and O–H groups in total. The molecule has 2 aromatic rings. The third kappa shape index (κ3) is 4.97. The normalized spacial score (nSPS) is 18.0. The van der Waals surface area contributed by atoms with Gasteiger partial charge in [-0.25, -0.2) is 17.1 Å². The highest BCUT2D eigenvalue weighted by atomic mass is 32.2. The van der Waals surface area contributed by atoms with Gasteiger partial charge in [0.25, 0.3) is 0 Å². The van der Waals surface area contributed by atoms with Gasteiger partial charge < -0.3 is 5.32 Å². The number of piperidine rings is 1. The Morgan fingerprint density at radius 3 is 2.61 bits per heavy atom. The van der Waals surface area contributed by atoms with Crippen molar-refractivity contribution in [3.8, 4) is 0 Å². The predicted molar refractivity (Wildman–Crippen MR) is 108 cm³/mol. The average Bonchev–Trinajstić information content (AvgIpc) is 2.70. The molecule has 0 unspecified atom stereocenters. The van der Waals surface area contributed by atoms with E-state index in [4.69, 9.17) is 0 Å². The van der Waals surface area contributed by atoms with Crippen LogP contribution in [0, 0.1) is 11.7 Å². The molecule has 2 aromatic carbocycles. The number of hydrogen-bond acceptors (Lipinski definition) is 3. The third-order valence-corrected chi connectivity index (χ3v) is 6.88. The first-order valence-electron chi connectivity index (χ1n) is 9.50. The number of anilines is 1. The SMILES string of the molecule is CCc1ccccc1NC(=O)[C@@H]1CCCN(S(=O)(=O)Cc2ccc(F)cc2)C1. The molecule has 150 valence electrons. The van der Waals surface area contributed by atoms with Crippen LogP contribution in [0.15, 0.2) is 48.5 Å². The molecule has 1 fully saturated rings. The predicted octanol–water partition coefficient (Wildman–Crippen LogP) is 3.57. The lowest BCUT2D eigenvalue weighted by molar-refractivity contribution is -0.120. The van der Waals surface area contributed by atoms with Crippen LogP contribution in [0.4, 0.5) is 10.1 Å². The minimum absolute atomic E-state index is 0.150. The van der Waals surface area contributed by atoms with Crippen molar-refractivity contribution in [3.05, 3.63) is 65.5 Å². The minimum Gasteiger partial charge on any atom is -0.326 e. The molecule has 7 heteroatoms. The summed E-state index contributed by atoms with van der Waals surface area (Å²) in [6.07, 6.45) is 2.10. The highest BCUT2D eigenvalue weighted by Gasteiger charge is 2.32. The number of aryl methyl sites for hydroxylation is 1. The van der Waals surface area contributed by atoms with Crippen molar-refractivity contribution in [2.75, 3.05) is 18.4 Å². The average molecular weight is 405 g/mol. The lowest BCUT2D eigenvalue weighted by atomic mass is 9.98. The summed E-state index contributed by atoms with van der Waals surface area (Å²) in [5, 5.41) is 2.96. The summed E-state index contributed by atoms with van der Waals surface area (Å²) in [7, 11) is -3.57. The molecule has 1 amide bonds. The van der Waals surface area contributed by atoms with Gasteiger partial charge in [0.2, 0.25) is 15.9 Å². The Hall–Kier alpha value is -2.25. The van der Waals surface area contributed by atoms with Crippen molar-refractivity contribution in [2.45, 2.75) is 31.9 Å². The summed E-state index contributed by atoms with van der Waals surface area (Å²) < 4.78 is 40.0. The molecule has 1 aliphatic heterocycles. The van der Waals surface area contributed by atoms with Crippen LogP contribution in [0.1, 0.15) is 30.9 Å². The zero-order chi connectivity index (χ0) is 20.1. The number of sulfonamides is 1. The van der Waals surface area contributed by atoms with Gasteiger partial charge in [-0.15, -0.1) is 0 Å². The van der Waals surface area contributed by atoms with Crippen molar-refractivity contribution >= 4 is 21.6 Å². The van der Waals surface area contributed by atoms with Gasteiger partial charge in [0.05, 0.1) is 11.7 Å². The molecule has 0 bridgehead atoms. The fraction of sp³-hybridized carbons (Fsp3) is 0.381. The standard InChI is InChI=1S/C21H25FN2O3S/c1-2-17-6-3-4-8-20(17)23-21(25)18-7-5-13-24(14-18)28(26,27)15-16-9-11-19(22)12-10-16/h3-4,6,8-12,18H,2,5,7,13-15H2,1H3,(H,23,25)/t18-/m1/s1. The highest BCUT2D eigenvalue weighted by molar-refractivity contribution is 7.88. The van der Waals surface area contributed by atoms with Gasteiger partial charge in [0.15, 0.2) is 0 Å². The minimum atomic E-state index is -3.57. The molecule has 28 heavy (non-hydrogen) atoms. The van der Waals surface area contributed by atoms with Gasteiger partial charge in [-0.05, 0) is 48.6 Å². The van der Waals surface area contributed by atoms with E-state index in [-0.39, 0.29) is 24.1 Å². The van der Waals surface area contributed by atoms with Crippen LogP contribution in [0.25, 0.3) is 0 Å². The highest BCUT2D eigenvalue weighted by Crippen LogP contribution is 2.24. The monoisotopic (exact) mass is 404 g/mol. The molecular formula is C21H25FN2O3S. The fourth-order valence-corrected chi connectivity index (χ4v) is 5.09. The molecule has 5 nitrogen and oxygen atoms in total. The van der Waals surface area contributed by atoms with Crippen LogP contribution in [-0.2, 0) is 27.0 Å². The Bertz CT molecular complexity index is 929. The van der Waals surface area contributed by atoms with E-state index in [0.717, 1.165) is 17.7 Å². The second-order valence-corrected chi connectivity index (χ2v) is 9.05. The Morgan fingerprint density at radius 1 is 1.18 bits per heavy atom. The summed E-state index contributed by atoms with van der Waals surface area (Å²) in [5.74, 6) is -1.13. The van der Waals surface area contributed by atoms with Crippen molar-refractivity contribution in [1.82, 2.24) is 4.31 Å². The van der Waals surface area contributed by atoms with E-state index in [9.17, 15) is 17.6 Å². The van der Waals surface area contributed by atoms with E-state index in [1.165, 1.54) is 28.6 Å². The molecule has 0 spiro atoms. The summed E-state index contributed by atoms with van der Waals surface area (Å²) in [6, 6.07) is 13.1. The zero-order valence-electron chi connectivity index (χ0n) is 15.9. The first-order chi connectivity index (χ1) is 13.4. The molecule has 1 aliphatic rings. The molecule has 0 aliphatic carbocycles. The van der Waals surface area contributed by atoms with Crippen molar-refractivity contribution < 1.29 is 17.6 Å². The Morgan fingerprint density at radius 2 is 1.89 bits per heavy atom. The number of hydrogen-bond donors (Lipinski definition) is 1. The second kappa shape index (κ2) is 8.84. The summed E-state index contributed by atoms with van der Waals surface area (Å²) in [5.41, 5.74) is 2.36. The van der Waals surface area contributed by atoms with Crippen LogP contribution >= 0.6 is 0 Å². The third-order valence-electron chi connectivity index (χ3n) is 5.07. The van der Waals surface area contributed by atoms with Crippen LogP contribution in [0.5, 0.6) is 0 Å². The number of halogens is 1. The maximum absolute atomic E-state index is 13.0. The molecule has 1 heterocycles. The van der Waals surface area contributed by atoms with Gasteiger partial charge in [0.1, 0.15) is 5.82 Å². The summed E-state index contributed by atoms with van der Waals surface area (Å²) >= 11 is 0. The van der Waals surface area contributed by atoms with Crippen LogP contribution in [0.3, 0.4) is 0 Å². The van der Waals surface area contributed by atoms with Crippen molar-refractivity contribution in [1.29, 1.82) is 0 Å². The van der Waals surface area contributed by atoms with E-state index in [1.807, 2.05) is 31.2 Å². The Balaban J connectivity index is 1.67. The molecule has 3 rings (SSSR count). The number of nitrogens with zero attached hydrogens (tertiary/aromatic N) is 1. The number of amides is 1. The number of benzene rings is 2. The van der Waals surface area contributed by atoms with Crippen molar-refractivity contribution in [2.24, 2.45) is 5.92 Å². The van der Waals surface area contributed by atoms with Crippen molar-refractivity contribution in [3.63, 3.8) is 0 Å². The maximum Gasteiger partial charge on any atom is 0.228 e. The largest absolute Gasteiger partial charge is 0.326 e. The smallest absolute Gasteiger partial charge is 0.228 e. The van der Waals surface area contributed by atoms with Crippen LogP contribution in [-0.4, -0.2) is 31.7 Å². The van der Waals surface area contributed by atoms with E-state index in [2.05, 4.69) is 5.32 Å². The van der Waals surface area contributed by atoms with E-state index < -0.39 is 15.8 Å². The molecule has 0 saturated carbocycles. The number of carbonyl (C=O) groups excluding carboxylic acids is 1. The molecule has 0 aromatic heterocycles. The van der Waals surface area contributed by atoms with Gasteiger partial charge in [-0.1, -0.05) is 37.3 Å². The van der Waals surface area contributed by atoms with E-state index in [0.29, 0.717) is 24.9 Å². The van der Waals surface area contributed by atoms with Gasteiger partial charge in [-0.3, -0.25) is 4.79 Å². The topological polar surface area (TPSA) is 66.5 Å². The van der Waals surface area contributed by atoms with Crippen LogP contribution in [0.2, 0.25) is 0 Å². The van der Waals surface area contributed by atoms with E-state index >= 15 is 0 Å². The first-order valence-corrected chi connectivity index (χ1v) is 11.1. The number of carbonyl (C=O) groups is 1. The molecular weight excluding hydrogens is 379 g/mol. The molecule has 0 radical (unpaired) electrons. The fourth-order valence-electron chi connectivity index (χ4n) is 3.48. The Labute approximate surface area is 165 Å². The molecule has 1 atom stereocenters. The molecule has 1 saturated heterocycles. The van der Waals surface area contributed by atoms with Gasteiger partial charge >= 0.3 is 0 Å². The van der Waals surface area contributed by atoms with E-state index in [1.54, 1.807) is 0 Å². The van der Waals surface area contributed by atoms with Gasteiger partial charge in [-0.2, -0.15) is 0 Å². The lowest BCUT2D eigenvalue weighted by Crippen LogP contribution is -2.44. The zero-order valence-corrected chi connectivity index (χ0v) is 16.7. The number of rotatable bonds is 6. The summed E-state index contributed by atoms with van der Waals surface area (Å²) in [6.45, 7) is 2.60. The maximum atomic E-state index is 13.0. The van der Waals surface area contributed by atoms with Crippen LogP contribution < -0.4 is 5.32 Å². The Kier molecular flexibility index (Phi) is 6.46. The lowest BCUT2D eigenvalue weighted by Gasteiger charge is -2.31. The quantitative estimate of drug-likeness (QED) is 0.800. The number of para-hydroxylation sites is 1. The van der Waals surface area contributed by atoms with Gasteiger partial charge in [0, 0.05) is 18.8 Å².